The van der Waals surface area contributed by atoms with E-state index in [0.717, 1.165) is 0 Å². The number of ether oxygens (including phenoxy) is 2. The Morgan fingerprint density at radius 2 is 2.10 bits per heavy atom. The lowest BCUT2D eigenvalue weighted by atomic mass is 10.1. The third kappa shape index (κ3) is 3.39. The number of benzene rings is 1. The molecule has 1 aromatic rings. The molecule has 0 radical (unpaired) electrons. The molecule has 0 N–H and O–H groups in total. The van der Waals surface area contributed by atoms with Gasteiger partial charge in [-0.15, -0.1) is 0 Å². The molecule has 1 aliphatic heterocycles. The summed E-state index contributed by atoms with van der Waals surface area (Å²) in [7, 11) is 0. The Balaban J connectivity index is 2.30. The minimum Gasteiger partial charge on any atom is -0.482 e. The molecule has 2 rings (SSSR count). The smallest absolute Gasteiger partial charge is 0.326 e. The first kappa shape index (κ1) is 15.0. The third-order valence-electron chi connectivity index (χ3n) is 2.96. The van der Waals surface area contributed by atoms with Crippen molar-refractivity contribution < 1.29 is 23.9 Å². The highest BCUT2D eigenvalue weighted by atomic mass is 16.5. The van der Waals surface area contributed by atoms with Gasteiger partial charge in [0.05, 0.1) is 11.8 Å². The second-order valence-electron chi connectivity index (χ2n) is 5.05. The van der Waals surface area contributed by atoms with E-state index in [1.807, 2.05) is 0 Å². The molecule has 0 fully saturated rings. The summed E-state index contributed by atoms with van der Waals surface area (Å²) in [6.45, 7) is 4.57. The van der Waals surface area contributed by atoms with Crippen molar-refractivity contribution in [1.82, 2.24) is 0 Å². The molecular formula is C15H17NO5. The molecule has 0 atom stereocenters. The van der Waals surface area contributed by atoms with Crippen molar-refractivity contribution in [2.45, 2.75) is 26.9 Å². The van der Waals surface area contributed by atoms with Crippen LogP contribution >= 0.6 is 0 Å². The van der Waals surface area contributed by atoms with Crippen molar-refractivity contribution in [3.8, 4) is 5.75 Å². The minimum absolute atomic E-state index is 0.125. The van der Waals surface area contributed by atoms with Gasteiger partial charge >= 0.3 is 5.97 Å². The maximum atomic E-state index is 12.0. The van der Waals surface area contributed by atoms with E-state index >= 15 is 0 Å². The van der Waals surface area contributed by atoms with Gasteiger partial charge < -0.3 is 9.47 Å². The van der Waals surface area contributed by atoms with Crippen LogP contribution in [0, 0.1) is 0 Å². The Bertz CT molecular complexity index is 594. The first-order chi connectivity index (χ1) is 9.88. The number of Topliss-reactive ketones (excluding diaryl/α,β-unsaturated/α-hetero) is 1. The van der Waals surface area contributed by atoms with Crippen LogP contribution in [0.25, 0.3) is 0 Å². The Kier molecular flexibility index (Phi) is 4.26. The first-order valence-corrected chi connectivity index (χ1v) is 6.66. The number of hydrogen-bond acceptors (Lipinski definition) is 5. The molecule has 1 heterocycles. The van der Waals surface area contributed by atoms with Crippen LogP contribution in [0.15, 0.2) is 18.2 Å². The quantitative estimate of drug-likeness (QED) is 0.622. The molecular weight excluding hydrogens is 274 g/mol. The van der Waals surface area contributed by atoms with Gasteiger partial charge in [0.15, 0.2) is 12.4 Å². The molecule has 6 heteroatoms. The van der Waals surface area contributed by atoms with E-state index in [9.17, 15) is 14.4 Å². The zero-order valence-electron chi connectivity index (χ0n) is 12.2. The van der Waals surface area contributed by atoms with Gasteiger partial charge in [-0.3, -0.25) is 19.3 Å². The van der Waals surface area contributed by atoms with E-state index in [4.69, 9.17) is 9.47 Å². The van der Waals surface area contributed by atoms with Crippen LogP contribution in [0.5, 0.6) is 5.75 Å². The molecule has 6 nitrogen and oxygen atoms in total. The highest BCUT2D eigenvalue weighted by Gasteiger charge is 2.28. The fourth-order valence-corrected chi connectivity index (χ4v) is 2.02. The Hall–Kier alpha value is -2.37. The lowest BCUT2D eigenvalue weighted by molar-refractivity contribution is -0.146. The lowest BCUT2D eigenvalue weighted by Gasteiger charge is -2.29. The van der Waals surface area contributed by atoms with Gasteiger partial charge in [-0.2, -0.15) is 0 Å². The molecule has 0 bridgehead atoms. The summed E-state index contributed by atoms with van der Waals surface area (Å²) in [5.74, 6) is -0.499. The van der Waals surface area contributed by atoms with Crippen LogP contribution in [0.2, 0.25) is 0 Å². The molecule has 0 saturated carbocycles. The highest BCUT2D eigenvalue weighted by molar-refractivity contribution is 6.03. The molecule has 0 spiro atoms. The third-order valence-corrected chi connectivity index (χ3v) is 2.96. The van der Waals surface area contributed by atoms with Crippen molar-refractivity contribution in [2.24, 2.45) is 0 Å². The van der Waals surface area contributed by atoms with Crippen molar-refractivity contribution in [2.75, 3.05) is 18.1 Å². The predicted octanol–water partition coefficient (Wildman–Crippen LogP) is 1.57. The first-order valence-electron chi connectivity index (χ1n) is 6.66. The fourth-order valence-electron chi connectivity index (χ4n) is 2.02. The average molecular weight is 291 g/mol. The van der Waals surface area contributed by atoms with Crippen molar-refractivity contribution in [3.63, 3.8) is 0 Å². The molecule has 0 aromatic heterocycles. The van der Waals surface area contributed by atoms with Gasteiger partial charge in [-0.25, -0.2) is 0 Å². The molecule has 1 aliphatic rings. The molecule has 0 unspecified atom stereocenters. The maximum Gasteiger partial charge on any atom is 0.326 e. The average Bonchev–Trinajstić information content (AvgIpc) is 2.40. The molecule has 0 saturated heterocycles. The largest absolute Gasteiger partial charge is 0.482 e. The highest BCUT2D eigenvalue weighted by Crippen LogP contribution is 2.33. The molecule has 0 aliphatic carbocycles. The summed E-state index contributed by atoms with van der Waals surface area (Å²) in [4.78, 5) is 36.5. The fraction of sp³-hybridized carbons (Fsp3) is 0.400. The van der Waals surface area contributed by atoms with Crippen LogP contribution < -0.4 is 9.64 Å². The molecule has 112 valence electrons. The van der Waals surface area contributed by atoms with Gasteiger partial charge in [-0.1, -0.05) is 0 Å². The lowest BCUT2D eigenvalue weighted by Crippen LogP contribution is -2.42. The van der Waals surface area contributed by atoms with Crippen LogP contribution in [0.4, 0.5) is 5.69 Å². The summed E-state index contributed by atoms with van der Waals surface area (Å²) in [5, 5.41) is 0. The Morgan fingerprint density at radius 1 is 1.38 bits per heavy atom. The number of amides is 1. The number of rotatable bonds is 4. The van der Waals surface area contributed by atoms with Crippen molar-refractivity contribution >= 4 is 23.3 Å². The van der Waals surface area contributed by atoms with Crippen LogP contribution in [0.1, 0.15) is 31.1 Å². The second-order valence-corrected chi connectivity index (χ2v) is 5.05. The van der Waals surface area contributed by atoms with Gasteiger partial charge in [0.25, 0.3) is 5.91 Å². The van der Waals surface area contributed by atoms with E-state index < -0.39 is 5.97 Å². The Morgan fingerprint density at radius 3 is 2.71 bits per heavy atom. The van der Waals surface area contributed by atoms with Crippen LogP contribution in [-0.4, -0.2) is 36.9 Å². The molecule has 21 heavy (non-hydrogen) atoms. The standard InChI is InChI=1S/C15H17NO5/c1-9(2)21-15(19)7-16-12-6-11(10(3)17)4-5-13(12)20-8-14(16)18/h4-6,9H,7-8H2,1-3H3. The van der Waals surface area contributed by atoms with E-state index in [0.29, 0.717) is 17.0 Å². The van der Waals surface area contributed by atoms with Crippen LogP contribution in [0.3, 0.4) is 0 Å². The zero-order chi connectivity index (χ0) is 15.6. The molecule has 1 amide bonds. The monoisotopic (exact) mass is 291 g/mol. The topological polar surface area (TPSA) is 72.9 Å². The van der Waals surface area contributed by atoms with Gasteiger partial charge in [-0.05, 0) is 39.0 Å². The number of esters is 1. The van der Waals surface area contributed by atoms with Crippen molar-refractivity contribution in [3.05, 3.63) is 23.8 Å². The number of hydrogen-bond donors (Lipinski definition) is 0. The number of nitrogens with zero attached hydrogens (tertiary/aromatic N) is 1. The molecule has 1 aromatic carbocycles. The van der Waals surface area contributed by atoms with E-state index in [-0.39, 0.29) is 30.9 Å². The minimum atomic E-state index is -0.501. The number of anilines is 1. The van der Waals surface area contributed by atoms with E-state index in [1.54, 1.807) is 32.0 Å². The van der Waals surface area contributed by atoms with Gasteiger partial charge in [0, 0.05) is 5.56 Å². The maximum absolute atomic E-state index is 12.0. The summed E-state index contributed by atoms with van der Waals surface area (Å²) in [5.41, 5.74) is 0.869. The van der Waals surface area contributed by atoms with E-state index in [2.05, 4.69) is 0 Å². The number of carbonyl (C=O) groups is 3. The normalized spacial score (nSPS) is 13.7. The number of carbonyl (C=O) groups excluding carboxylic acids is 3. The zero-order valence-corrected chi connectivity index (χ0v) is 12.2. The predicted molar refractivity (Wildman–Crippen MR) is 75.5 cm³/mol. The summed E-state index contributed by atoms with van der Waals surface area (Å²) < 4.78 is 10.4. The van der Waals surface area contributed by atoms with Gasteiger partial charge in [0.2, 0.25) is 0 Å². The van der Waals surface area contributed by atoms with E-state index in [1.165, 1.54) is 11.8 Å². The number of ketones is 1. The van der Waals surface area contributed by atoms with Crippen molar-refractivity contribution in [1.29, 1.82) is 0 Å². The number of fused-ring (bicyclic) bond motifs is 1. The summed E-state index contributed by atoms with van der Waals surface area (Å²) in [6.07, 6.45) is -0.253. The van der Waals surface area contributed by atoms with Crippen LogP contribution in [-0.2, 0) is 14.3 Å². The SMILES string of the molecule is CC(=O)c1ccc2c(c1)N(CC(=O)OC(C)C)C(=O)CO2. The van der Waals surface area contributed by atoms with Gasteiger partial charge in [0.1, 0.15) is 12.3 Å². The Labute approximate surface area is 122 Å². The summed E-state index contributed by atoms with van der Waals surface area (Å²) in [6, 6.07) is 4.80. The second kappa shape index (κ2) is 5.95. The summed E-state index contributed by atoms with van der Waals surface area (Å²) >= 11 is 0.